The van der Waals surface area contributed by atoms with Crippen LogP contribution in [0.25, 0.3) is 0 Å². The van der Waals surface area contributed by atoms with Crippen molar-refractivity contribution in [3.63, 3.8) is 0 Å². The van der Waals surface area contributed by atoms with E-state index in [2.05, 4.69) is 28.1 Å². The predicted molar refractivity (Wildman–Crippen MR) is 82.2 cm³/mol. The van der Waals surface area contributed by atoms with Crippen molar-refractivity contribution in [2.24, 2.45) is 0 Å². The lowest BCUT2D eigenvalue weighted by molar-refractivity contribution is 0.262. The molecule has 1 atom stereocenters. The maximum Gasteiger partial charge on any atom is 0.169 e. The molecule has 1 N–H and O–H groups in total. The Morgan fingerprint density at radius 2 is 2.10 bits per heavy atom. The molecule has 5 heteroatoms. The summed E-state index contributed by atoms with van der Waals surface area (Å²) >= 11 is 0. The largest absolute Gasteiger partial charge is 0.396 e. The number of aliphatic hydroxyl groups is 1. The van der Waals surface area contributed by atoms with Crippen LogP contribution < -0.4 is 4.90 Å². The lowest BCUT2D eigenvalue weighted by atomic mass is 9.97. The number of aromatic nitrogens is 2. The average molecular weight is 288 g/mol. The van der Waals surface area contributed by atoms with Crippen molar-refractivity contribution in [2.45, 2.75) is 58.4 Å². The van der Waals surface area contributed by atoms with Gasteiger partial charge in [0.2, 0.25) is 0 Å². The second kappa shape index (κ2) is 7.37. The molecule has 1 unspecified atom stereocenters. The Balaban J connectivity index is 2.44. The fourth-order valence-corrected chi connectivity index (χ4v) is 3.21. The van der Waals surface area contributed by atoms with Gasteiger partial charge in [-0.15, -0.1) is 5.10 Å². The number of anilines is 1. The molecule has 0 aliphatic carbocycles. The van der Waals surface area contributed by atoms with Gasteiger partial charge in [-0.2, -0.15) is 10.4 Å². The van der Waals surface area contributed by atoms with Gasteiger partial charge in [0.1, 0.15) is 11.6 Å². The molecule has 1 fully saturated rings. The van der Waals surface area contributed by atoms with Crippen LogP contribution in [0.3, 0.4) is 0 Å². The zero-order valence-electron chi connectivity index (χ0n) is 13.0. The summed E-state index contributed by atoms with van der Waals surface area (Å²) in [7, 11) is 0. The number of rotatable bonds is 5. The van der Waals surface area contributed by atoms with Crippen LogP contribution in [0.2, 0.25) is 0 Å². The molecule has 2 heterocycles. The number of nitriles is 1. The van der Waals surface area contributed by atoms with Gasteiger partial charge in [-0.25, -0.2) is 0 Å². The summed E-state index contributed by atoms with van der Waals surface area (Å²) in [6, 6.07) is 2.61. The first kappa shape index (κ1) is 15.7. The molecule has 21 heavy (non-hydrogen) atoms. The van der Waals surface area contributed by atoms with E-state index in [1.165, 1.54) is 6.42 Å². The summed E-state index contributed by atoms with van der Waals surface area (Å²) in [6.07, 6.45) is 5.64. The molecule has 0 aromatic carbocycles. The zero-order valence-corrected chi connectivity index (χ0v) is 13.0. The van der Waals surface area contributed by atoms with E-state index in [1.807, 2.05) is 6.92 Å². The van der Waals surface area contributed by atoms with Crippen LogP contribution >= 0.6 is 0 Å². The number of nitrogens with zero attached hydrogens (tertiary/aromatic N) is 4. The summed E-state index contributed by atoms with van der Waals surface area (Å²) < 4.78 is 0. The number of aryl methyl sites for hydroxylation is 1. The van der Waals surface area contributed by atoms with Crippen LogP contribution in [0.1, 0.15) is 56.4 Å². The minimum atomic E-state index is 0.171. The van der Waals surface area contributed by atoms with Gasteiger partial charge in [0.05, 0.1) is 5.69 Å². The Bertz CT molecular complexity index is 522. The second-order valence-corrected chi connectivity index (χ2v) is 5.50. The van der Waals surface area contributed by atoms with Gasteiger partial charge in [0.15, 0.2) is 5.82 Å². The molecule has 1 aliphatic heterocycles. The van der Waals surface area contributed by atoms with E-state index < -0.39 is 0 Å². The monoisotopic (exact) mass is 288 g/mol. The lowest BCUT2D eigenvalue weighted by Crippen LogP contribution is -2.41. The highest BCUT2D eigenvalue weighted by Gasteiger charge is 2.27. The molecule has 5 nitrogen and oxygen atoms in total. The first-order valence-corrected chi connectivity index (χ1v) is 7.92. The van der Waals surface area contributed by atoms with Crippen molar-refractivity contribution in [3.8, 4) is 6.07 Å². The fraction of sp³-hybridized carbons (Fsp3) is 0.688. The molecule has 0 bridgehead atoms. The van der Waals surface area contributed by atoms with E-state index in [0.717, 1.165) is 49.9 Å². The van der Waals surface area contributed by atoms with Crippen molar-refractivity contribution in [2.75, 3.05) is 18.1 Å². The van der Waals surface area contributed by atoms with Gasteiger partial charge in [-0.05, 0) is 44.1 Å². The third-order valence-electron chi connectivity index (χ3n) is 4.30. The SMILES string of the molecule is CCc1nnc(N2CCCCC2CCO)c(C#N)c1CC. The quantitative estimate of drug-likeness (QED) is 0.899. The Labute approximate surface area is 126 Å². The molecule has 1 saturated heterocycles. The van der Waals surface area contributed by atoms with E-state index in [-0.39, 0.29) is 12.6 Å². The third-order valence-corrected chi connectivity index (χ3v) is 4.30. The summed E-state index contributed by atoms with van der Waals surface area (Å²) in [5.41, 5.74) is 2.63. The topological polar surface area (TPSA) is 73.0 Å². The number of hydrogen-bond acceptors (Lipinski definition) is 5. The Hall–Kier alpha value is -1.67. The number of piperidine rings is 1. The smallest absolute Gasteiger partial charge is 0.169 e. The minimum Gasteiger partial charge on any atom is -0.396 e. The van der Waals surface area contributed by atoms with Gasteiger partial charge in [0.25, 0.3) is 0 Å². The normalized spacial score (nSPS) is 18.6. The van der Waals surface area contributed by atoms with Crippen LogP contribution in [0.5, 0.6) is 0 Å². The molecular formula is C16H24N4O. The summed E-state index contributed by atoms with van der Waals surface area (Å²) in [4.78, 5) is 2.18. The summed E-state index contributed by atoms with van der Waals surface area (Å²) in [5.74, 6) is 0.713. The van der Waals surface area contributed by atoms with Crippen LogP contribution in [-0.2, 0) is 12.8 Å². The molecule has 0 amide bonds. The number of aliphatic hydroxyl groups excluding tert-OH is 1. The summed E-state index contributed by atoms with van der Waals surface area (Å²) in [5, 5.41) is 27.6. The van der Waals surface area contributed by atoms with Crippen LogP contribution in [0.4, 0.5) is 5.82 Å². The van der Waals surface area contributed by atoms with Crippen molar-refractivity contribution in [1.29, 1.82) is 5.26 Å². The van der Waals surface area contributed by atoms with Gasteiger partial charge < -0.3 is 10.0 Å². The lowest BCUT2D eigenvalue weighted by Gasteiger charge is -2.37. The minimum absolute atomic E-state index is 0.171. The van der Waals surface area contributed by atoms with Crippen molar-refractivity contribution < 1.29 is 5.11 Å². The van der Waals surface area contributed by atoms with E-state index in [0.29, 0.717) is 11.4 Å². The van der Waals surface area contributed by atoms with Crippen molar-refractivity contribution in [1.82, 2.24) is 10.2 Å². The Morgan fingerprint density at radius 1 is 1.29 bits per heavy atom. The Kier molecular flexibility index (Phi) is 5.51. The van der Waals surface area contributed by atoms with Crippen LogP contribution in [-0.4, -0.2) is 34.5 Å². The van der Waals surface area contributed by atoms with E-state index in [9.17, 15) is 10.4 Å². The Morgan fingerprint density at radius 3 is 2.71 bits per heavy atom. The van der Waals surface area contributed by atoms with Crippen molar-refractivity contribution >= 4 is 5.82 Å². The standard InChI is InChI=1S/C16H24N4O/c1-3-13-14(11-17)16(19-18-15(13)4-2)20-9-6-5-7-12(20)8-10-21/h12,21H,3-10H2,1-2H3. The molecule has 0 spiro atoms. The first-order chi connectivity index (χ1) is 10.3. The van der Waals surface area contributed by atoms with Gasteiger partial charge >= 0.3 is 0 Å². The van der Waals surface area contributed by atoms with Gasteiger partial charge in [-0.1, -0.05) is 13.8 Å². The molecule has 114 valence electrons. The first-order valence-electron chi connectivity index (χ1n) is 7.92. The zero-order chi connectivity index (χ0) is 15.2. The number of hydrogen-bond donors (Lipinski definition) is 1. The second-order valence-electron chi connectivity index (χ2n) is 5.50. The average Bonchev–Trinajstić information content (AvgIpc) is 2.54. The highest BCUT2D eigenvalue weighted by Crippen LogP contribution is 2.29. The van der Waals surface area contributed by atoms with E-state index in [4.69, 9.17) is 0 Å². The molecule has 1 aliphatic rings. The van der Waals surface area contributed by atoms with E-state index in [1.54, 1.807) is 0 Å². The molecule has 0 radical (unpaired) electrons. The summed E-state index contributed by atoms with van der Waals surface area (Å²) in [6.45, 7) is 5.16. The molecule has 2 rings (SSSR count). The van der Waals surface area contributed by atoms with Crippen molar-refractivity contribution in [3.05, 3.63) is 16.8 Å². The third kappa shape index (κ3) is 3.16. The highest BCUT2D eigenvalue weighted by atomic mass is 16.3. The molecule has 1 aromatic heterocycles. The maximum atomic E-state index is 9.60. The maximum absolute atomic E-state index is 9.60. The molecule has 0 saturated carbocycles. The van der Waals surface area contributed by atoms with Gasteiger partial charge in [-0.3, -0.25) is 0 Å². The fourth-order valence-electron chi connectivity index (χ4n) is 3.21. The van der Waals surface area contributed by atoms with Crippen LogP contribution in [0.15, 0.2) is 0 Å². The van der Waals surface area contributed by atoms with Gasteiger partial charge in [0, 0.05) is 19.2 Å². The molecular weight excluding hydrogens is 264 g/mol. The predicted octanol–water partition coefficient (Wildman–Crippen LogP) is 2.21. The molecule has 1 aromatic rings. The highest BCUT2D eigenvalue weighted by molar-refractivity contribution is 5.58. The van der Waals surface area contributed by atoms with E-state index >= 15 is 0 Å². The van der Waals surface area contributed by atoms with Crippen LogP contribution in [0, 0.1) is 11.3 Å².